The summed E-state index contributed by atoms with van der Waals surface area (Å²) < 4.78 is 27.3. The smallest absolute Gasteiger partial charge is 0.243 e. The van der Waals surface area contributed by atoms with Gasteiger partial charge >= 0.3 is 0 Å². The summed E-state index contributed by atoms with van der Waals surface area (Å²) >= 11 is 0. The third-order valence-electron chi connectivity index (χ3n) is 5.32. The van der Waals surface area contributed by atoms with Crippen LogP contribution in [0.25, 0.3) is 0 Å². The van der Waals surface area contributed by atoms with Crippen LogP contribution >= 0.6 is 0 Å². The molecule has 1 saturated heterocycles. The van der Waals surface area contributed by atoms with E-state index in [0.717, 1.165) is 12.0 Å². The summed E-state index contributed by atoms with van der Waals surface area (Å²) in [7, 11) is -0.00822. The minimum absolute atomic E-state index is 0.0435. The SMILES string of the molecule is CC[C@H](C)c1ccc(S(=O)(=O)N2CCN([C@H](C)C(=O)N(C)C)CC2)cc1. The van der Waals surface area contributed by atoms with Crippen molar-refractivity contribution in [2.75, 3.05) is 40.3 Å². The third kappa shape index (κ3) is 4.45. The fraction of sp³-hybridized carbons (Fsp3) is 0.632. The lowest BCUT2D eigenvalue weighted by atomic mass is 9.99. The molecule has 146 valence electrons. The van der Waals surface area contributed by atoms with E-state index in [1.165, 1.54) is 4.31 Å². The lowest BCUT2D eigenvalue weighted by Crippen LogP contribution is -2.54. The predicted octanol–water partition coefficient (Wildman–Crippen LogP) is 1.98. The molecule has 1 aromatic carbocycles. The standard InChI is InChI=1S/C19H31N3O3S/c1-6-15(2)17-7-9-18(10-8-17)26(24,25)22-13-11-21(12-14-22)16(3)19(23)20(4)5/h7-10,15-16H,6,11-14H2,1-5H3/t15-,16+/m0/s1. The molecule has 7 heteroatoms. The van der Waals surface area contributed by atoms with Crippen molar-refractivity contribution in [3.8, 4) is 0 Å². The van der Waals surface area contributed by atoms with Crippen molar-refractivity contribution in [3.05, 3.63) is 29.8 Å². The molecule has 2 rings (SSSR count). The Bertz CT molecular complexity index is 708. The van der Waals surface area contributed by atoms with Gasteiger partial charge in [-0.2, -0.15) is 4.31 Å². The highest BCUT2D eigenvalue weighted by molar-refractivity contribution is 7.89. The summed E-state index contributed by atoms with van der Waals surface area (Å²) in [6.07, 6.45) is 1.03. The van der Waals surface area contributed by atoms with E-state index in [0.29, 0.717) is 37.0 Å². The Hall–Kier alpha value is -1.44. The van der Waals surface area contributed by atoms with Crippen LogP contribution in [0.2, 0.25) is 0 Å². The highest BCUT2D eigenvalue weighted by atomic mass is 32.2. The molecule has 1 aromatic rings. The second-order valence-corrected chi connectivity index (χ2v) is 9.16. The number of hydrogen-bond donors (Lipinski definition) is 0. The van der Waals surface area contributed by atoms with Crippen LogP contribution in [0.15, 0.2) is 29.2 Å². The van der Waals surface area contributed by atoms with Gasteiger partial charge in [0, 0.05) is 40.3 Å². The normalized spacial score (nSPS) is 19.1. The summed E-state index contributed by atoms with van der Waals surface area (Å²) in [6.45, 7) is 8.06. The van der Waals surface area contributed by atoms with Crippen LogP contribution in [-0.4, -0.2) is 74.7 Å². The summed E-state index contributed by atoms with van der Waals surface area (Å²) in [5, 5.41) is 0. The number of likely N-dealkylation sites (N-methyl/N-ethyl adjacent to an activating group) is 1. The lowest BCUT2D eigenvalue weighted by molar-refractivity contribution is -0.134. The molecule has 6 nitrogen and oxygen atoms in total. The first-order valence-electron chi connectivity index (χ1n) is 9.23. The van der Waals surface area contributed by atoms with Gasteiger partial charge < -0.3 is 4.90 Å². The number of carbonyl (C=O) groups is 1. The number of rotatable bonds is 6. The van der Waals surface area contributed by atoms with E-state index in [1.807, 2.05) is 24.0 Å². The van der Waals surface area contributed by atoms with Crippen molar-refractivity contribution in [1.82, 2.24) is 14.1 Å². The molecule has 1 aliphatic heterocycles. The number of hydrogen-bond acceptors (Lipinski definition) is 4. The summed E-state index contributed by atoms with van der Waals surface area (Å²) in [5.41, 5.74) is 1.16. The zero-order valence-corrected chi connectivity index (χ0v) is 17.3. The van der Waals surface area contributed by atoms with Gasteiger partial charge in [-0.05, 0) is 37.0 Å². The van der Waals surface area contributed by atoms with Crippen LogP contribution in [0.4, 0.5) is 0 Å². The molecule has 1 amide bonds. The zero-order chi connectivity index (χ0) is 19.5. The molecular weight excluding hydrogens is 350 g/mol. The Balaban J connectivity index is 2.04. The van der Waals surface area contributed by atoms with E-state index in [1.54, 1.807) is 31.1 Å². The maximum atomic E-state index is 12.9. The summed E-state index contributed by atoms with van der Waals surface area (Å²) in [4.78, 5) is 16.1. The van der Waals surface area contributed by atoms with E-state index in [-0.39, 0.29) is 11.9 Å². The van der Waals surface area contributed by atoms with Gasteiger partial charge in [-0.25, -0.2) is 8.42 Å². The number of nitrogens with zero attached hydrogens (tertiary/aromatic N) is 3. The van der Waals surface area contributed by atoms with Gasteiger partial charge in [0.15, 0.2) is 0 Å². The molecule has 2 atom stereocenters. The molecule has 0 aromatic heterocycles. The van der Waals surface area contributed by atoms with Gasteiger partial charge in [0.25, 0.3) is 0 Å². The van der Waals surface area contributed by atoms with Crippen LogP contribution in [0.3, 0.4) is 0 Å². The van der Waals surface area contributed by atoms with E-state index >= 15 is 0 Å². The topological polar surface area (TPSA) is 60.9 Å². The van der Waals surface area contributed by atoms with E-state index in [2.05, 4.69) is 13.8 Å². The van der Waals surface area contributed by atoms with Crippen molar-refractivity contribution in [3.63, 3.8) is 0 Å². The van der Waals surface area contributed by atoms with Crippen molar-refractivity contribution in [2.24, 2.45) is 0 Å². The second kappa shape index (κ2) is 8.50. The molecule has 1 fully saturated rings. The number of sulfonamides is 1. The average molecular weight is 382 g/mol. The molecule has 0 N–H and O–H groups in total. The first kappa shape index (κ1) is 20.9. The van der Waals surface area contributed by atoms with Crippen LogP contribution in [0.5, 0.6) is 0 Å². The Morgan fingerprint density at radius 1 is 1.08 bits per heavy atom. The Labute approximate surface area is 157 Å². The average Bonchev–Trinajstić information content (AvgIpc) is 2.66. The Morgan fingerprint density at radius 2 is 1.62 bits per heavy atom. The van der Waals surface area contributed by atoms with E-state index in [9.17, 15) is 13.2 Å². The molecule has 1 heterocycles. The van der Waals surface area contributed by atoms with Gasteiger partial charge in [0.05, 0.1) is 10.9 Å². The first-order chi connectivity index (χ1) is 12.2. The number of amides is 1. The minimum Gasteiger partial charge on any atom is -0.347 e. The van der Waals surface area contributed by atoms with Crippen LogP contribution in [-0.2, 0) is 14.8 Å². The van der Waals surface area contributed by atoms with Crippen molar-refractivity contribution in [1.29, 1.82) is 0 Å². The van der Waals surface area contributed by atoms with Crippen molar-refractivity contribution < 1.29 is 13.2 Å². The maximum Gasteiger partial charge on any atom is 0.243 e. The Morgan fingerprint density at radius 3 is 2.08 bits per heavy atom. The van der Waals surface area contributed by atoms with Gasteiger partial charge in [-0.3, -0.25) is 9.69 Å². The molecule has 1 aliphatic rings. The molecule has 0 aliphatic carbocycles. The van der Waals surface area contributed by atoms with Gasteiger partial charge in [0.1, 0.15) is 0 Å². The Kier molecular flexibility index (Phi) is 6.82. The van der Waals surface area contributed by atoms with Crippen LogP contribution < -0.4 is 0 Å². The van der Waals surface area contributed by atoms with Crippen molar-refractivity contribution >= 4 is 15.9 Å². The van der Waals surface area contributed by atoms with Gasteiger partial charge in [-0.15, -0.1) is 0 Å². The number of piperazine rings is 1. The highest BCUT2D eigenvalue weighted by Gasteiger charge is 2.32. The minimum atomic E-state index is -3.49. The molecule has 0 unspecified atom stereocenters. The summed E-state index contributed by atoms with van der Waals surface area (Å²) in [6, 6.07) is 7.01. The molecule has 26 heavy (non-hydrogen) atoms. The van der Waals surface area contributed by atoms with Crippen LogP contribution in [0, 0.1) is 0 Å². The van der Waals surface area contributed by atoms with Crippen LogP contribution in [0.1, 0.15) is 38.7 Å². The molecule has 0 spiro atoms. The highest BCUT2D eigenvalue weighted by Crippen LogP contribution is 2.23. The largest absolute Gasteiger partial charge is 0.347 e. The quantitative estimate of drug-likeness (QED) is 0.756. The number of benzene rings is 1. The summed E-state index contributed by atoms with van der Waals surface area (Å²) in [5.74, 6) is 0.466. The van der Waals surface area contributed by atoms with Gasteiger partial charge in [0.2, 0.25) is 15.9 Å². The predicted molar refractivity (Wildman–Crippen MR) is 104 cm³/mol. The monoisotopic (exact) mass is 381 g/mol. The molecule has 0 bridgehead atoms. The number of carbonyl (C=O) groups excluding carboxylic acids is 1. The third-order valence-corrected chi connectivity index (χ3v) is 7.23. The fourth-order valence-electron chi connectivity index (χ4n) is 3.21. The first-order valence-corrected chi connectivity index (χ1v) is 10.7. The van der Waals surface area contributed by atoms with E-state index < -0.39 is 10.0 Å². The molecular formula is C19H31N3O3S. The van der Waals surface area contributed by atoms with Crippen molar-refractivity contribution in [2.45, 2.75) is 44.0 Å². The zero-order valence-electron chi connectivity index (χ0n) is 16.5. The molecule has 0 radical (unpaired) electrons. The lowest BCUT2D eigenvalue weighted by Gasteiger charge is -2.37. The fourth-order valence-corrected chi connectivity index (χ4v) is 4.64. The second-order valence-electron chi connectivity index (χ2n) is 7.23. The molecule has 0 saturated carbocycles. The van der Waals surface area contributed by atoms with E-state index in [4.69, 9.17) is 0 Å². The van der Waals surface area contributed by atoms with Gasteiger partial charge in [-0.1, -0.05) is 26.0 Å². The maximum absolute atomic E-state index is 12.9.